The van der Waals surface area contributed by atoms with Gasteiger partial charge in [-0.1, -0.05) is 53.7 Å². The van der Waals surface area contributed by atoms with E-state index in [1.54, 1.807) is 23.1 Å². The number of hydrogen-bond acceptors (Lipinski definition) is 5. The Kier molecular flexibility index (Phi) is 5.06. The molecule has 7 heteroatoms. The Morgan fingerprint density at radius 3 is 2.50 bits per heavy atom. The molecule has 0 amide bonds. The van der Waals surface area contributed by atoms with Gasteiger partial charge < -0.3 is 0 Å². The van der Waals surface area contributed by atoms with E-state index in [-0.39, 0.29) is 0 Å². The standard InChI is InChI=1S/C19H15ClN4S2/c1-13-21-16(11-25-13)12-26-19-23-22-18(14-5-3-2-4-6-14)24(19)17-9-7-15(20)8-10-17/h2-11H,12H2,1H3. The van der Waals surface area contributed by atoms with Gasteiger partial charge in [0.1, 0.15) is 0 Å². The van der Waals surface area contributed by atoms with Crippen molar-refractivity contribution in [3.63, 3.8) is 0 Å². The summed E-state index contributed by atoms with van der Waals surface area (Å²) >= 11 is 9.35. The molecule has 2 aromatic carbocycles. The van der Waals surface area contributed by atoms with Crippen LogP contribution in [0.15, 0.2) is 65.1 Å². The molecule has 130 valence electrons. The van der Waals surface area contributed by atoms with Crippen molar-refractivity contribution in [1.29, 1.82) is 0 Å². The first kappa shape index (κ1) is 17.3. The van der Waals surface area contributed by atoms with Crippen molar-refractivity contribution in [3.05, 3.63) is 75.7 Å². The highest BCUT2D eigenvalue weighted by Crippen LogP contribution is 2.30. The van der Waals surface area contributed by atoms with Crippen LogP contribution in [-0.4, -0.2) is 19.7 Å². The lowest BCUT2D eigenvalue weighted by Crippen LogP contribution is -1.99. The van der Waals surface area contributed by atoms with Gasteiger partial charge in [-0.25, -0.2) is 4.98 Å². The topological polar surface area (TPSA) is 43.6 Å². The molecule has 4 rings (SSSR count). The maximum absolute atomic E-state index is 6.06. The quantitative estimate of drug-likeness (QED) is 0.408. The van der Waals surface area contributed by atoms with E-state index in [4.69, 9.17) is 11.6 Å². The van der Waals surface area contributed by atoms with Crippen LogP contribution in [0.2, 0.25) is 5.02 Å². The van der Waals surface area contributed by atoms with E-state index in [0.717, 1.165) is 38.7 Å². The fraction of sp³-hybridized carbons (Fsp3) is 0.105. The molecule has 0 unspecified atom stereocenters. The van der Waals surface area contributed by atoms with Crippen molar-refractivity contribution < 1.29 is 0 Å². The predicted octanol–water partition coefficient (Wildman–Crippen LogP) is 5.64. The summed E-state index contributed by atoms with van der Waals surface area (Å²) in [6.45, 7) is 2.02. The summed E-state index contributed by atoms with van der Waals surface area (Å²) in [5.41, 5.74) is 3.06. The highest BCUT2D eigenvalue weighted by molar-refractivity contribution is 7.98. The molecular weight excluding hydrogens is 384 g/mol. The van der Waals surface area contributed by atoms with Crippen LogP contribution in [0.5, 0.6) is 0 Å². The molecule has 4 nitrogen and oxygen atoms in total. The lowest BCUT2D eigenvalue weighted by molar-refractivity contribution is 0.885. The van der Waals surface area contributed by atoms with Gasteiger partial charge >= 0.3 is 0 Å². The first-order chi connectivity index (χ1) is 12.7. The number of nitrogens with zero attached hydrogens (tertiary/aromatic N) is 4. The lowest BCUT2D eigenvalue weighted by atomic mass is 10.2. The van der Waals surface area contributed by atoms with Crippen LogP contribution in [0, 0.1) is 6.92 Å². The fourth-order valence-corrected chi connectivity index (χ4v) is 4.26. The molecule has 0 saturated heterocycles. The van der Waals surface area contributed by atoms with Crippen LogP contribution in [0.4, 0.5) is 0 Å². The molecule has 0 saturated carbocycles. The summed E-state index contributed by atoms with van der Waals surface area (Å²) in [6.07, 6.45) is 0. The molecule has 26 heavy (non-hydrogen) atoms. The minimum Gasteiger partial charge on any atom is -0.270 e. The number of thioether (sulfide) groups is 1. The van der Waals surface area contributed by atoms with E-state index in [1.165, 1.54) is 0 Å². The van der Waals surface area contributed by atoms with E-state index in [1.807, 2.05) is 61.5 Å². The average Bonchev–Trinajstić information content (AvgIpc) is 3.27. The number of aryl methyl sites for hydroxylation is 1. The van der Waals surface area contributed by atoms with Crippen LogP contribution < -0.4 is 0 Å². The molecule has 0 fully saturated rings. The van der Waals surface area contributed by atoms with Crippen LogP contribution in [-0.2, 0) is 5.75 Å². The van der Waals surface area contributed by atoms with Gasteiger partial charge in [0.15, 0.2) is 11.0 Å². The first-order valence-electron chi connectivity index (χ1n) is 8.01. The van der Waals surface area contributed by atoms with Crippen molar-refractivity contribution in [2.24, 2.45) is 0 Å². The normalized spacial score (nSPS) is 11.0. The number of benzene rings is 2. The summed E-state index contributed by atoms with van der Waals surface area (Å²) in [5.74, 6) is 1.56. The third-order valence-electron chi connectivity index (χ3n) is 3.77. The molecule has 0 bridgehead atoms. The van der Waals surface area contributed by atoms with Crippen molar-refractivity contribution in [2.75, 3.05) is 0 Å². The van der Waals surface area contributed by atoms with Gasteiger partial charge in [0.05, 0.1) is 10.7 Å². The SMILES string of the molecule is Cc1nc(CSc2nnc(-c3ccccc3)n2-c2ccc(Cl)cc2)cs1. The summed E-state index contributed by atoms with van der Waals surface area (Å²) in [7, 11) is 0. The van der Waals surface area contributed by atoms with E-state index >= 15 is 0 Å². The van der Waals surface area contributed by atoms with E-state index in [9.17, 15) is 0 Å². The molecule has 0 atom stereocenters. The summed E-state index contributed by atoms with van der Waals surface area (Å²) in [5, 5.41) is 13.6. The Bertz CT molecular complexity index is 1010. The molecule has 4 aromatic rings. The van der Waals surface area contributed by atoms with E-state index < -0.39 is 0 Å². The Hall–Kier alpha value is -2.15. The summed E-state index contributed by atoms with van der Waals surface area (Å²) < 4.78 is 2.07. The molecule has 0 spiro atoms. The average molecular weight is 399 g/mol. The Labute approximate surface area is 164 Å². The molecule has 0 aliphatic heterocycles. The van der Waals surface area contributed by atoms with E-state index in [2.05, 4.69) is 25.1 Å². The van der Waals surface area contributed by atoms with Crippen LogP contribution >= 0.6 is 34.7 Å². The minimum absolute atomic E-state index is 0.704. The molecule has 2 aromatic heterocycles. The van der Waals surface area contributed by atoms with Crippen LogP contribution in [0.25, 0.3) is 17.1 Å². The zero-order valence-electron chi connectivity index (χ0n) is 14.0. The van der Waals surface area contributed by atoms with Crippen LogP contribution in [0.1, 0.15) is 10.7 Å². The van der Waals surface area contributed by atoms with Gasteiger partial charge in [0.25, 0.3) is 0 Å². The number of rotatable bonds is 5. The highest BCUT2D eigenvalue weighted by Gasteiger charge is 2.16. The Balaban J connectivity index is 1.73. The van der Waals surface area contributed by atoms with Crippen molar-refractivity contribution in [3.8, 4) is 17.1 Å². The Morgan fingerprint density at radius 1 is 1.04 bits per heavy atom. The van der Waals surface area contributed by atoms with Gasteiger partial charge in [0, 0.05) is 27.4 Å². The zero-order valence-corrected chi connectivity index (χ0v) is 16.4. The smallest absolute Gasteiger partial charge is 0.196 e. The summed E-state index contributed by atoms with van der Waals surface area (Å²) in [4.78, 5) is 4.53. The minimum atomic E-state index is 0.704. The first-order valence-corrected chi connectivity index (χ1v) is 10.3. The molecular formula is C19H15ClN4S2. The van der Waals surface area contributed by atoms with Crippen molar-refractivity contribution >= 4 is 34.7 Å². The van der Waals surface area contributed by atoms with Gasteiger partial charge in [-0.3, -0.25) is 4.57 Å². The second-order valence-electron chi connectivity index (χ2n) is 5.63. The molecule has 0 aliphatic carbocycles. The largest absolute Gasteiger partial charge is 0.270 e. The lowest BCUT2D eigenvalue weighted by Gasteiger charge is -2.10. The number of thiazole rings is 1. The van der Waals surface area contributed by atoms with Gasteiger partial charge in [0.2, 0.25) is 0 Å². The number of hydrogen-bond donors (Lipinski definition) is 0. The third-order valence-corrected chi connectivity index (χ3v) is 5.80. The molecule has 2 heterocycles. The number of halogens is 1. The van der Waals surface area contributed by atoms with Gasteiger partial charge in [-0.15, -0.1) is 21.5 Å². The monoisotopic (exact) mass is 398 g/mol. The van der Waals surface area contributed by atoms with E-state index in [0.29, 0.717) is 5.02 Å². The van der Waals surface area contributed by atoms with Crippen molar-refractivity contribution in [2.45, 2.75) is 17.8 Å². The summed E-state index contributed by atoms with van der Waals surface area (Å²) in [6, 6.07) is 17.8. The third kappa shape index (κ3) is 3.67. The Morgan fingerprint density at radius 2 is 1.81 bits per heavy atom. The van der Waals surface area contributed by atoms with Gasteiger partial charge in [-0.05, 0) is 31.2 Å². The predicted molar refractivity (Wildman–Crippen MR) is 108 cm³/mol. The molecule has 0 aliphatic rings. The highest BCUT2D eigenvalue weighted by atomic mass is 35.5. The van der Waals surface area contributed by atoms with Gasteiger partial charge in [-0.2, -0.15) is 0 Å². The molecule has 0 N–H and O–H groups in total. The number of aromatic nitrogens is 4. The molecule has 0 radical (unpaired) electrons. The zero-order chi connectivity index (χ0) is 17.9. The maximum Gasteiger partial charge on any atom is 0.196 e. The second kappa shape index (κ2) is 7.61. The van der Waals surface area contributed by atoms with Crippen LogP contribution in [0.3, 0.4) is 0 Å². The fourth-order valence-electron chi connectivity index (χ4n) is 2.57. The maximum atomic E-state index is 6.06. The second-order valence-corrected chi connectivity index (χ2v) is 8.07. The van der Waals surface area contributed by atoms with Crippen molar-refractivity contribution in [1.82, 2.24) is 19.7 Å².